The summed E-state index contributed by atoms with van der Waals surface area (Å²) >= 11 is 5.71. The molecule has 0 bridgehead atoms. The van der Waals surface area contributed by atoms with Gasteiger partial charge in [-0.2, -0.15) is 0 Å². The minimum Gasteiger partial charge on any atom is -0.346 e. The van der Waals surface area contributed by atoms with E-state index in [4.69, 9.17) is 11.6 Å². The first kappa shape index (κ1) is 14.8. The molecule has 6 heteroatoms. The second-order valence-electron chi connectivity index (χ2n) is 4.26. The summed E-state index contributed by atoms with van der Waals surface area (Å²) < 4.78 is 38.7. The SMILES string of the molecule is CCC(C)(CCl)NC(=O)c1cc(F)c(F)c(F)c1. The molecule has 0 saturated heterocycles. The van der Waals surface area contributed by atoms with Crippen LogP contribution in [0.25, 0.3) is 0 Å². The molecular formula is C12H13ClF3NO. The fourth-order valence-electron chi connectivity index (χ4n) is 1.25. The molecule has 0 aliphatic rings. The van der Waals surface area contributed by atoms with Gasteiger partial charge in [0.1, 0.15) is 0 Å². The molecule has 2 nitrogen and oxygen atoms in total. The van der Waals surface area contributed by atoms with E-state index in [1.54, 1.807) is 6.92 Å². The van der Waals surface area contributed by atoms with Crippen LogP contribution in [0.2, 0.25) is 0 Å². The standard InChI is InChI=1S/C12H13ClF3NO/c1-3-12(2,6-13)17-11(18)7-4-8(14)10(16)9(15)5-7/h4-5H,3,6H2,1-2H3,(H,17,18). The first-order chi connectivity index (χ1) is 8.33. The van der Waals surface area contributed by atoms with Crippen molar-refractivity contribution in [1.82, 2.24) is 5.32 Å². The van der Waals surface area contributed by atoms with Crippen LogP contribution in [-0.4, -0.2) is 17.3 Å². The first-order valence-corrected chi connectivity index (χ1v) is 5.89. The van der Waals surface area contributed by atoms with Gasteiger partial charge in [0.2, 0.25) is 0 Å². The van der Waals surface area contributed by atoms with Gasteiger partial charge in [0.25, 0.3) is 5.91 Å². The number of carbonyl (C=O) groups excluding carboxylic acids is 1. The van der Waals surface area contributed by atoms with Gasteiger partial charge in [-0.3, -0.25) is 4.79 Å². The lowest BCUT2D eigenvalue weighted by Gasteiger charge is -2.27. The highest BCUT2D eigenvalue weighted by Crippen LogP contribution is 2.16. The predicted molar refractivity (Wildman–Crippen MR) is 63.2 cm³/mol. The first-order valence-electron chi connectivity index (χ1n) is 5.36. The minimum absolute atomic E-state index is 0.154. The van der Waals surface area contributed by atoms with Crippen LogP contribution in [0, 0.1) is 17.5 Å². The molecule has 1 rings (SSSR count). The van der Waals surface area contributed by atoms with E-state index in [2.05, 4.69) is 5.32 Å². The van der Waals surface area contributed by atoms with E-state index in [1.165, 1.54) is 0 Å². The number of nitrogens with one attached hydrogen (secondary N) is 1. The molecule has 0 saturated carbocycles. The maximum atomic E-state index is 13.0. The van der Waals surface area contributed by atoms with Gasteiger partial charge < -0.3 is 5.32 Å². The van der Waals surface area contributed by atoms with Crippen LogP contribution in [0.5, 0.6) is 0 Å². The van der Waals surface area contributed by atoms with Crippen molar-refractivity contribution in [3.8, 4) is 0 Å². The van der Waals surface area contributed by atoms with Crippen molar-refractivity contribution in [3.63, 3.8) is 0 Å². The van der Waals surface area contributed by atoms with E-state index in [9.17, 15) is 18.0 Å². The molecule has 1 atom stereocenters. The number of carbonyl (C=O) groups is 1. The maximum Gasteiger partial charge on any atom is 0.251 e. The van der Waals surface area contributed by atoms with Crippen LogP contribution < -0.4 is 5.32 Å². The molecule has 1 aromatic carbocycles. The summed E-state index contributed by atoms with van der Waals surface area (Å²) in [6.07, 6.45) is 0.550. The fraction of sp³-hybridized carbons (Fsp3) is 0.417. The lowest BCUT2D eigenvalue weighted by Crippen LogP contribution is -2.47. The van der Waals surface area contributed by atoms with Crippen molar-refractivity contribution in [2.75, 3.05) is 5.88 Å². The summed E-state index contributed by atoms with van der Waals surface area (Å²) in [6, 6.07) is 1.30. The van der Waals surface area contributed by atoms with Gasteiger partial charge in [-0.15, -0.1) is 11.6 Å². The average Bonchev–Trinajstić information content (AvgIpc) is 2.35. The third-order valence-electron chi connectivity index (χ3n) is 2.74. The number of rotatable bonds is 4. The van der Waals surface area contributed by atoms with Crippen LogP contribution in [0.15, 0.2) is 12.1 Å². The van der Waals surface area contributed by atoms with Gasteiger partial charge >= 0.3 is 0 Å². The van der Waals surface area contributed by atoms with Gasteiger partial charge in [-0.05, 0) is 25.5 Å². The number of alkyl halides is 1. The van der Waals surface area contributed by atoms with E-state index in [0.717, 1.165) is 0 Å². The summed E-state index contributed by atoms with van der Waals surface area (Å²) in [6.45, 7) is 3.52. The largest absolute Gasteiger partial charge is 0.346 e. The summed E-state index contributed by atoms with van der Waals surface area (Å²) in [5.41, 5.74) is -0.962. The smallest absolute Gasteiger partial charge is 0.251 e. The normalized spacial score (nSPS) is 14.1. The summed E-state index contributed by atoms with van der Waals surface area (Å²) in [5, 5.41) is 2.56. The number of benzene rings is 1. The molecule has 100 valence electrons. The lowest BCUT2D eigenvalue weighted by molar-refractivity contribution is 0.0911. The molecular weight excluding hydrogens is 267 g/mol. The van der Waals surface area contributed by atoms with E-state index in [0.29, 0.717) is 18.6 Å². The number of hydrogen-bond donors (Lipinski definition) is 1. The van der Waals surface area contributed by atoms with Gasteiger partial charge in [0.15, 0.2) is 17.5 Å². The van der Waals surface area contributed by atoms with Gasteiger partial charge in [0, 0.05) is 11.4 Å². The monoisotopic (exact) mass is 279 g/mol. The van der Waals surface area contributed by atoms with Crippen molar-refractivity contribution >= 4 is 17.5 Å². The number of amides is 1. The van der Waals surface area contributed by atoms with Crippen LogP contribution >= 0.6 is 11.6 Å². The third kappa shape index (κ3) is 3.16. The Hall–Kier alpha value is -1.23. The molecule has 1 aromatic rings. The van der Waals surface area contributed by atoms with Gasteiger partial charge in [-0.1, -0.05) is 6.92 Å². The molecule has 18 heavy (non-hydrogen) atoms. The van der Waals surface area contributed by atoms with Crippen LogP contribution in [0.4, 0.5) is 13.2 Å². The quantitative estimate of drug-likeness (QED) is 0.665. The van der Waals surface area contributed by atoms with Crippen molar-refractivity contribution in [1.29, 1.82) is 0 Å². The highest BCUT2D eigenvalue weighted by molar-refractivity contribution is 6.18. The Balaban J connectivity index is 2.98. The highest BCUT2D eigenvalue weighted by Gasteiger charge is 2.25. The van der Waals surface area contributed by atoms with Crippen LogP contribution in [0.1, 0.15) is 30.6 Å². The predicted octanol–water partition coefficient (Wildman–Crippen LogP) is 3.24. The van der Waals surface area contributed by atoms with Crippen molar-refractivity contribution in [2.24, 2.45) is 0 Å². The van der Waals surface area contributed by atoms with Crippen molar-refractivity contribution < 1.29 is 18.0 Å². The molecule has 0 aromatic heterocycles. The Kier molecular flexibility index (Phi) is 4.62. The zero-order chi connectivity index (χ0) is 13.9. The van der Waals surface area contributed by atoms with E-state index in [1.807, 2.05) is 6.92 Å². The zero-order valence-corrected chi connectivity index (χ0v) is 10.7. The molecule has 1 N–H and O–H groups in total. The van der Waals surface area contributed by atoms with E-state index >= 15 is 0 Å². The third-order valence-corrected chi connectivity index (χ3v) is 3.33. The van der Waals surface area contributed by atoms with Crippen molar-refractivity contribution in [3.05, 3.63) is 35.1 Å². The second kappa shape index (κ2) is 5.61. The second-order valence-corrected chi connectivity index (χ2v) is 4.52. The summed E-state index contributed by atoms with van der Waals surface area (Å²) in [5.74, 6) is -4.94. The molecule has 0 radical (unpaired) electrons. The summed E-state index contributed by atoms with van der Waals surface area (Å²) in [7, 11) is 0. The molecule has 0 aliphatic heterocycles. The number of halogens is 4. The Bertz CT molecular complexity index is 438. The molecule has 1 unspecified atom stereocenters. The Morgan fingerprint density at radius 1 is 1.33 bits per heavy atom. The topological polar surface area (TPSA) is 29.1 Å². The Morgan fingerprint density at radius 2 is 1.83 bits per heavy atom. The fourth-order valence-corrected chi connectivity index (χ4v) is 1.50. The maximum absolute atomic E-state index is 13.0. The van der Waals surface area contributed by atoms with Crippen LogP contribution in [-0.2, 0) is 0 Å². The Morgan fingerprint density at radius 3 is 2.22 bits per heavy atom. The highest BCUT2D eigenvalue weighted by atomic mass is 35.5. The van der Waals surface area contributed by atoms with Crippen molar-refractivity contribution in [2.45, 2.75) is 25.8 Å². The molecule has 0 fully saturated rings. The molecule has 1 amide bonds. The summed E-state index contributed by atoms with van der Waals surface area (Å²) in [4.78, 5) is 11.8. The minimum atomic E-state index is -1.60. The molecule has 0 aliphatic carbocycles. The van der Waals surface area contributed by atoms with E-state index in [-0.39, 0.29) is 11.4 Å². The lowest BCUT2D eigenvalue weighted by atomic mass is 10.0. The molecule has 0 heterocycles. The number of hydrogen-bond acceptors (Lipinski definition) is 1. The van der Waals surface area contributed by atoms with E-state index < -0.39 is 28.9 Å². The van der Waals surface area contributed by atoms with Gasteiger partial charge in [-0.25, -0.2) is 13.2 Å². The zero-order valence-electron chi connectivity index (χ0n) is 9.99. The average molecular weight is 280 g/mol. The van der Waals surface area contributed by atoms with Crippen LogP contribution in [0.3, 0.4) is 0 Å². The molecule has 0 spiro atoms. The van der Waals surface area contributed by atoms with Gasteiger partial charge in [0.05, 0.1) is 5.54 Å². The Labute approximate surface area is 108 Å².